The third kappa shape index (κ3) is 8.59. The molecule has 0 aliphatic carbocycles. The smallest absolute Gasteiger partial charge is 0.0420 e. The quantitative estimate of drug-likeness (QED) is 0.559. The van der Waals surface area contributed by atoms with Gasteiger partial charge in [0.25, 0.3) is 0 Å². The Bertz CT molecular complexity index is 88.6. The van der Waals surface area contributed by atoms with E-state index in [2.05, 4.69) is 41.5 Å². The first kappa shape index (κ1) is 16.4. The van der Waals surface area contributed by atoms with Crippen LogP contribution in [0.25, 0.3) is 0 Å². The minimum Gasteiger partial charge on any atom is -0.0683 e. The molecule has 0 amide bonds. The standard InChI is InChI=1S/C12H26.C2H6/c1-9(2)11(5)7-8-12(6)10(3)4;1-2/h9-12H,7-8H2,1-6H3;1-2H3. The van der Waals surface area contributed by atoms with Gasteiger partial charge < -0.3 is 0 Å². The Kier molecular flexibility index (Phi) is 11.2. The van der Waals surface area contributed by atoms with E-state index < -0.39 is 0 Å². The molecule has 0 aromatic heterocycles. The van der Waals surface area contributed by atoms with Crippen LogP contribution in [0.4, 0.5) is 0 Å². The molecule has 2 atom stereocenters. The minimum atomic E-state index is 0.851. The van der Waals surface area contributed by atoms with E-state index in [1.807, 2.05) is 13.8 Å². The molecule has 0 aliphatic rings. The summed E-state index contributed by atoms with van der Waals surface area (Å²) in [5.74, 6) is 3.49. The largest absolute Gasteiger partial charge is 0.0683 e. The summed E-state index contributed by atoms with van der Waals surface area (Å²) in [6.45, 7) is 18.0. The molecule has 0 fully saturated rings. The summed E-state index contributed by atoms with van der Waals surface area (Å²) in [7, 11) is 0. The SMILES string of the molecule is CC.CC(C)C(C)CCC(C)C(C)C. The summed E-state index contributed by atoms with van der Waals surface area (Å²) in [4.78, 5) is 0. The van der Waals surface area contributed by atoms with E-state index in [0.29, 0.717) is 0 Å². The predicted octanol–water partition coefficient (Wildman–Crippen LogP) is 5.38. The first-order valence-electron chi connectivity index (χ1n) is 6.45. The lowest BCUT2D eigenvalue weighted by atomic mass is 9.86. The molecule has 0 radical (unpaired) electrons. The van der Waals surface area contributed by atoms with Crippen LogP contribution in [0.3, 0.4) is 0 Å². The summed E-state index contributed by atoms with van der Waals surface area (Å²) in [5.41, 5.74) is 0. The van der Waals surface area contributed by atoms with Gasteiger partial charge in [0.15, 0.2) is 0 Å². The van der Waals surface area contributed by atoms with Crippen molar-refractivity contribution in [2.45, 2.75) is 68.2 Å². The molecule has 0 N–H and O–H groups in total. The Labute approximate surface area is 92.5 Å². The molecule has 0 aromatic rings. The molecule has 0 saturated carbocycles. The minimum absolute atomic E-state index is 0.851. The summed E-state index contributed by atoms with van der Waals surface area (Å²) in [5, 5.41) is 0. The van der Waals surface area contributed by atoms with Gasteiger partial charge in [0, 0.05) is 0 Å². The first-order valence-corrected chi connectivity index (χ1v) is 6.45. The average molecular weight is 200 g/mol. The first-order chi connectivity index (χ1) is 6.45. The molecular weight excluding hydrogens is 168 g/mol. The Morgan fingerprint density at radius 1 is 0.571 bits per heavy atom. The van der Waals surface area contributed by atoms with E-state index >= 15 is 0 Å². The second-order valence-corrected chi connectivity index (χ2v) is 5.02. The van der Waals surface area contributed by atoms with Gasteiger partial charge in [-0.25, -0.2) is 0 Å². The van der Waals surface area contributed by atoms with E-state index in [-0.39, 0.29) is 0 Å². The fraction of sp³-hybridized carbons (Fsp3) is 1.00. The molecular formula is C14H32. The molecule has 2 unspecified atom stereocenters. The van der Waals surface area contributed by atoms with Crippen LogP contribution in [0, 0.1) is 23.7 Å². The molecule has 0 nitrogen and oxygen atoms in total. The Morgan fingerprint density at radius 3 is 0.929 bits per heavy atom. The highest BCUT2D eigenvalue weighted by Gasteiger charge is 2.11. The zero-order valence-corrected chi connectivity index (χ0v) is 11.7. The van der Waals surface area contributed by atoms with Crippen LogP contribution in [0.2, 0.25) is 0 Å². The van der Waals surface area contributed by atoms with E-state index in [1.165, 1.54) is 12.8 Å². The van der Waals surface area contributed by atoms with Gasteiger partial charge in [0.2, 0.25) is 0 Å². The molecule has 0 rings (SSSR count). The van der Waals surface area contributed by atoms with Gasteiger partial charge in [0.1, 0.15) is 0 Å². The van der Waals surface area contributed by atoms with Gasteiger partial charge >= 0.3 is 0 Å². The van der Waals surface area contributed by atoms with Crippen LogP contribution in [-0.2, 0) is 0 Å². The van der Waals surface area contributed by atoms with Gasteiger partial charge in [-0.2, -0.15) is 0 Å². The fourth-order valence-corrected chi connectivity index (χ4v) is 1.19. The van der Waals surface area contributed by atoms with Crippen molar-refractivity contribution in [1.82, 2.24) is 0 Å². The summed E-state index contributed by atoms with van der Waals surface area (Å²) in [6, 6.07) is 0. The predicted molar refractivity (Wildman–Crippen MR) is 68.6 cm³/mol. The summed E-state index contributed by atoms with van der Waals surface area (Å²) in [6.07, 6.45) is 2.80. The normalized spacial score (nSPS) is 15.0. The van der Waals surface area contributed by atoms with Crippen LogP contribution in [0.5, 0.6) is 0 Å². The van der Waals surface area contributed by atoms with Gasteiger partial charge in [0.05, 0.1) is 0 Å². The maximum absolute atomic E-state index is 2.37. The Morgan fingerprint density at radius 2 is 0.786 bits per heavy atom. The number of hydrogen-bond acceptors (Lipinski definition) is 0. The molecule has 14 heavy (non-hydrogen) atoms. The lowest BCUT2D eigenvalue weighted by Crippen LogP contribution is -2.09. The maximum Gasteiger partial charge on any atom is -0.0420 e. The van der Waals surface area contributed by atoms with Crippen molar-refractivity contribution in [3.05, 3.63) is 0 Å². The summed E-state index contributed by atoms with van der Waals surface area (Å²) < 4.78 is 0. The van der Waals surface area contributed by atoms with Crippen molar-refractivity contribution in [3.8, 4) is 0 Å². The lowest BCUT2D eigenvalue weighted by molar-refractivity contribution is 0.312. The average Bonchev–Trinajstić information content (AvgIpc) is 2.16. The number of hydrogen-bond donors (Lipinski definition) is 0. The highest BCUT2D eigenvalue weighted by atomic mass is 14.2. The van der Waals surface area contributed by atoms with Crippen LogP contribution in [0.1, 0.15) is 68.2 Å². The molecule has 0 saturated heterocycles. The van der Waals surface area contributed by atoms with Gasteiger partial charge in [-0.05, 0) is 23.7 Å². The van der Waals surface area contributed by atoms with Crippen LogP contribution >= 0.6 is 0 Å². The molecule has 0 spiro atoms. The van der Waals surface area contributed by atoms with Crippen molar-refractivity contribution in [3.63, 3.8) is 0 Å². The third-order valence-corrected chi connectivity index (χ3v) is 3.35. The van der Waals surface area contributed by atoms with E-state index in [1.54, 1.807) is 0 Å². The van der Waals surface area contributed by atoms with E-state index in [0.717, 1.165) is 23.7 Å². The van der Waals surface area contributed by atoms with Crippen molar-refractivity contribution < 1.29 is 0 Å². The van der Waals surface area contributed by atoms with Crippen LogP contribution in [0.15, 0.2) is 0 Å². The van der Waals surface area contributed by atoms with Crippen molar-refractivity contribution in [2.24, 2.45) is 23.7 Å². The molecule has 0 aliphatic heterocycles. The highest BCUT2D eigenvalue weighted by Crippen LogP contribution is 2.22. The Hall–Kier alpha value is 0. The molecule has 0 heteroatoms. The summed E-state index contributed by atoms with van der Waals surface area (Å²) >= 11 is 0. The second kappa shape index (κ2) is 9.55. The monoisotopic (exact) mass is 200 g/mol. The van der Waals surface area contributed by atoms with Crippen molar-refractivity contribution in [2.75, 3.05) is 0 Å². The molecule has 0 heterocycles. The van der Waals surface area contributed by atoms with Gasteiger partial charge in [-0.1, -0.05) is 68.2 Å². The van der Waals surface area contributed by atoms with Gasteiger partial charge in [-0.3, -0.25) is 0 Å². The maximum atomic E-state index is 2.37. The Balaban J connectivity index is 0. The molecule has 0 aromatic carbocycles. The number of rotatable bonds is 5. The van der Waals surface area contributed by atoms with Crippen LogP contribution in [-0.4, -0.2) is 0 Å². The van der Waals surface area contributed by atoms with Crippen molar-refractivity contribution in [1.29, 1.82) is 0 Å². The zero-order chi connectivity index (χ0) is 11.7. The fourth-order valence-electron chi connectivity index (χ4n) is 1.19. The topological polar surface area (TPSA) is 0 Å². The van der Waals surface area contributed by atoms with E-state index in [9.17, 15) is 0 Å². The van der Waals surface area contributed by atoms with Crippen LogP contribution < -0.4 is 0 Å². The second-order valence-electron chi connectivity index (χ2n) is 5.02. The van der Waals surface area contributed by atoms with Crippen molar-refractivity contribution >= 4 is 0 Å². The van der Waals surface area contributed by atoms with E-state index in [4.69, 9.17) is 0 Å². The lowest BCUT2D eigenvalue weighted by Gasteiger charge is -2.20. The molecule has 0 bridgehead atoms. The van der Waals surface area contributed by atoms with Gasteiger partial charge in [-0.15, -0.1) is 0 Å². The zero-order valence-electron chi connectivity index (χ0n) is 11.7. The third-order valence-electron chi connectivity index (χ3n) is 3.35. The molecule has 88 valence electrons. The highest BCUT2D eigenvalue weighted by molar-refractivity contribution is 4.62.